The molecule has 0 unspecified atom stereocenters. The number of nitrogens with one attached hydrogen (secondary N) is 1. The summed E-state index contributed by atoms with van der Waals surface area (Å²) in [6, 6.07) is 0. The summed E-state index contributed by atoms with van der Waals surface area (Å²) in [5.41, 5.74) is 1.48. The molecule has 168 valence electrons. The van der Waals surface area contributed by atoms with Gasteiger partial charge in [-0.3, -0.25) is 4.79 Å². The summed E-state index contributed by atoms with van der Waals surface area (Å²) < 4.78 is 0. The van der Waals surface area contributed by atoms with E-state index in [1.54, 1.807) is 0 Å². The topological polar surface area (TPSA) is 69.6 Å². The summed E-state index contributed by atoms with van der Waals surface area (Å²) in [6.07, 6.45) is 13.7. The molecule has 4 heteroatoms. The van der Waals surface area contributed by atoms with Crippen molar-refractivity contribution >= 4 is 5.91 Å². The molecule has 2 aliphatic rings. The Morgan fingerprint density at radius 1 is 1.33 bits per heavy atom. The summed E-state index contributed by atoms with van der Waals surface area (Å²) in [4.78, 5) is 11.8. The zero-order chi connectivity index (χ0) is 21.9. The van der Waals surface area contributed by atoms with Crippen LogP contribution in [0.4, 0.5) is 0 Å². The van der Waals surface area contributed by atoms with Crippen molar-refractivity contribution in [3.63, 3.8) is 0 Å². The SMILES string of the molecule is CC#CC[C@H](C)[C@H](O)C=C[C@@H]1[C@H]2CC(=CCCCC(=O)NCCCC)C[C@H]2C[C@H]1O. The molecule has 2 fully saturated rings. The van der Waals surface area contributed by atoms with Gasteiger partial charge in [-0.1, -0.05) is 44.1 Å². The molecule has 0 saturated heterocycles. The molecule has 0 spiro atoms. The minimum atomic E-state index is -0.517. The van der Waals surface area contributed by atoms with E-state index in [0.29, 0.717) is 24.7 Å². The summed E-state index contributed by atoms with van der Waals surface area (Å²) in [7, 11) is 0. The van der Waals surface area contributed by atoms with Crippen LogP contribution < -0.4 is 5.32 Å². The average Bonchev–Trinajstić information content (AvgIpc) is 3.24. The third-order valence-electron chi connectivity index (χ3n) is 6.72. The molecule has 0 aromatic rings. The first-order valence-corrected chi connectivity index (χ1v) is 11.8. The van der Waals surface area contributed by atoms with Crippen LogP contribution in [0.5, 0.6) is 0 Å². The van der Waals surface area contributed by atoms with Gasteiger partial charge in [0.05, 0.1) is 12.2 Å². The van der Waals surface area contributed by atoms with Crippen LogP contribution in [0.1, 0.15) is 78.6 Å². The molecule has 4 nitrogen and oxygen atoms in total. The van der Waals surface area contributed by atoms with Crippen LogP contribution in [-0.4, -0.2) is 34.9 Å². The highest BCUT2D eigenvalue weighted by Crippen LogP contribution is 2.50. The van der Waals surface area contributed by atoms with E-state index in [1.807, 2.05) is 19.9 Å². The van der Waals surface area contributed by atoms with Crippen molar-refractivity contribution in [2.24, 2.45) is 23.7 Å². The predicted octanol–water partition coefficient (Wildman–Crippen LogP) is 4.37. The fourth-order valence-corrected chi connectivity index (χ4v) is 4.82. The molecule has 3 N–H and O–H groups in total. The smallest absolute Gasteiger partial charge is 0.220 e. The number of carbonyl (C=O) groups is 1. The lowest BCUT2D eigenvalue weighted by molar-refractivity contribution is -0.121. The van der Waals surface area contributed by atoms with Gasteiger partial charge in [-0.05, 0) is 63.2 Å². The van der Waals surface area contributed by atoms with E-state index in [1.165, 1.54) is 5.57 Å². The first kappa shape index (κ1) is 24.7. The quantitative estimate of drug-likeness (QED) is 0.267. The minimum Gasteiger partial charge on any atom is -0.392 e. The molecule has 2 saturated carbocycles. The van der Waals surface area contributed by atoms with Crippen molar-refractivity contribution in [2.75, 3.05) is 6.54 Å². The molecule has 1 amide bonds. The molecule has 0 heterocycles. The Morgan fingerprint density at radius 3 is 2.87 bits per heavy atom. The van der Waals surface area contributed by atoms with Crippen LogP contribution in [0.25, 0.3) is 0 Å². The lowest BCUT2D eigenvalue weighted by atomic mass is 9.89. The van der Waals surface area contributed by atoms with Gasteiger partial charge in [-0.2, -0.15) is 0 Å². The van der Waals surface area contributed by atoms with Gasteiger partial charge in [0.1, 0.15) is 0 Å². The fourth-order valence-electron chi connectivity index (χ4n) is 4.82. The Hall–Kier alpha value is -1.57. The van der Waals surface area contributed by atoms with Crippen molar-refractivity contribution in [1.29, 1.82) is 0 Å². The van der Waals surface area contributed by atoms with Crippen LogP contribution in [-0.2, 0) is 4.79 Å². The average molecular weight is 416 g/mol. The van der Waals surface area contributed by atoms with Crippen molar-refractivity contribution in [3.05, 3.63) is 23.8 Å². The second kappa shape index (κ2) is 13.0. The summed E-state index contributed by atoms with van der Waals surface area (Å²) in [5, 5.41) is 23.9. The molecule has 2 rings (SSSR count). The standard InChI is InChI=1S/C26H41NO3/c1-4-6-10-19(3)24(28)14-13-22-23-17-20(16-21(23)18-25(22)29)11-8-9-12-26(30)27-15-7-5-2/h11,13-14,19,21-25,28-29H,5,7-10,12,15-18H2,1-3H3,(H,27,30)/t19-,21-,22+,23-,24+,25+/m0/s1. The van der Waals surface area contributed by atoms with Gasteiger partial charge in [0, 0.05) is 25.3 Å². The normalized spacial score (nSPS) is 28.9. The summed E-state index contributed by atoms with van der Waals surface area (Å²) >= 11 is 0. The van der Waals surface area contributed by atoms with Gasteiger partial charge in [-0.15, -0.1) is 11.8 Å². The highest BCUT2D eigenvalue weighted by Gasteiger charge is 2.44. The first-order chi connectivity index (χ1) is 14.5. The zero-order valence-electron chi connectivity index (χ0n) is 19.1. The second-order valence-electron chi connectivity index (χ2n) is 9.15. The van der Waals surface area contributed by atoms with Crippen LogP contribution in [0.2, 0.25) is 0 Å². The second-order valence-corrected chi connectivity index (χ2v) is 9.15. The van der Waals surface area contributed by atoms with Crippen LogP contribution in [0, 0.1) is 35.5 Å². The molecule has 30 heavy (non-hydrogen) atoms. The minimum absolute atomic E-state index is 0.0984. The number of hydrogen-bond donors (Lipinski definition) is 3. The number of carbonyl (C=O) groups excluding carboxylic acids is 1. The van der Waals surface area contributed by atoms with E-state index >= 15 is 0 Å². The van der Waals surface area contributed by atoms with E-state index in [2.05, 4.69) is 36.2 Å². The number of aliphatic hydroxyl groups excluding tert-OH is 2. The Balaban J connectivity index is 1.79. The number of rotatable bonds is 11. The highest BCUT2D eigenvalue weighted by atomic mass is 16.3. The number of hydrogen-bond acceptors (Lipinski definition) is 3. The molecule has 0 aliphatic heterocycles. The van der Waals surface area contributed by atoms with Crippen molar-refractivity contribution in [2.45, 2.75) is 90.8 Å². The number of allylic oxidation sites excluding steroid dienone is 2. The van der Waals surface area contributed by atoms with E-state index in [0.717, 1.165) is 51.5 Å². The van der Waals surface area contributed by atoms with Gasteiger partial charge in [-0.25, -0.2) is 0 Å². The monoisotopic (exact) mass is 415 g/mol. The molecule has 0 radical (unpaired) electrons. The fraction of sp³-hybridized carbons (Fsp3) is 0.731. The third kappa shape index (κ3) is 7.60. The Labute approximate surface area is 183 Å². The van der Waals surface area contributed by atoms with Crippen LogP contribution in [0.15, 0.2) is 23.8 Å². The van der Waals surface area contributed by atoms with Gasteiger partial charge >= 0.3 is 0 Å². The predicted molar refractivity (Wildman–Crippen MR) is 123 cm³/mol. The lowest BCUT2D eigenvalue weighted by Gasteiger charge is -2.19. The highest BCUT2D eigenvalue weighted by molar-refractivity contribution is 5.75. The van der Waals surface area contributed by atoms with Crippen molar-refractivity contribution in [3.8, 4) is 11.8 Å². The lowest BCUT2D eigenvalue weighted by Crippen LogP contribution is -2.23. The summed E-state index contributed by atoms with van der Waals surface area (Å²) in [6.45, 7) is 6.74. The van der Waals surface area contributed by atoms with Gasteiger partial charge in [0.25, 0.3) is 0 Å². The van der Waals surface area contributed by atoms with Crippen LogP contribution in [0.3, 0.4) is 0 Å². The summed E-state index contributed by atoms with van der Waals surface area (Å²) in [5.74, 6) is 7.31. The third-order valence-corrected chi connectivity index (χ3v) is 6.72. The molecular weight excluding hydrogens is 374 g/mol. The van der Waals surface area contributed by atoms with E-state index in [4.69, 9.17) is 0 Å². The maximum absolute atomic E-state index is 11.8. The van der Waals surface area contributed by atoms with Gasteiger partial charge in [0.2, 0.25) is 5.91 Å². The first-order valence-electron chi connectivity index (χ1n) is 11.8. The molecule has 6 atom stereocenters. The number of fused-ring (bicyclic) bond motifs is 1. The van der Waals surface area contributed by atoms with Crippen molar-refractivity contribution in [1.82, 2.24) is 5.32 Å². The number of unbranched alkanes of at least 4 members (excludes halogenated alkanes) is 2. The molecule has 2 aliphatic carbocycles. The maximum atomic E-state index is 11.8. The Bertz CT molecular complexity index is 657. The van der Waals surface area contributed by atoms with Crippen LogP contribution >= 0.6 is 0 Å². The van der Waals surface area contributed by atoms with E-state index < -0.39 is 6.10 Å². The van der Waals surface area contributed by atoms with Gasteiger partial charge in [0.15, 0.2) is 0 Å². The number of amides is 1. The van der Waals surface area contributed by atoms with Gasteiger partial charge < -0.3 is 15.5 Å². The van der Waals surface area contributed by atoms with Crippen molar-refractivity contribution < 1.29 is 15.0 Å². The molecule has 0 aromatic heterocycles. The Kier molecular flexibility index (Phi) is 10.7. The Morgan fingerprint density at radius 2 is 2.13 bits per heavy atom. The zero-order valence-corrected chi connectivity index (χ0v) is 19.1. The number of aliphatic hydroxyl groups is 2. The largest absolute Gasteiger partial charge is 0.392 e. The maximum Gasteiger partial charge on any atom is 0.220 e. The van der Waals surface area contributed by atoms with E-state index in [9.17, 15) is 15.0 Å². The molecule has 0 aromatic carbocycles. The molecule has 0 bridgehead atoms. The van der Waals surface area contributed by atoms with E-state index in [-0.39, 0.29) is 23.8 Å². The molecular formula is C26H41NO3.